The van der Waals surface area contributed by atoms with Crippen molar-refractivity contribution in [3.8, 4) is 0 Å². The topological polar surface area (TPSA) is 70.0 Å². The van der Waals surface area contributed by atoms with Gasteiger partial charge in [-0.05, 0) is 13.8 Å². The Bertz CT molecular complexity index is 211. The molecule has 0 amide bonds. The number of β-amino-alcohol motifs (C(OH)–C–C–N with tert-alkyl or cyclic N) is 1. The zero-order valence-electron chi connectivity index (χ0n) is 9.22. The van der Waals surface area contributed by atoms with E-state index in [1.165, 1.54) is 0 Å². The summed E-state index contributed by atoms with van der Waals surface area (Å²) in [5.74, 6) is -0.961. The molecule has 0 saturated carbocycles. The molecule has 1 rings (SSSR count). The molecule has 2 N–H and O–H groups in total. The summed E-state index contributed by atoms with van der Waals surface area (Å²) < 4.78 is 5.54. The summed E-state index contributed by atoms with van der Waals surface area (Å²) in [5, 5.41) is 18.0. The van der Waals surface area contributed by atoms with Crippen LogP contribution in [0.25, 0.3) is 0 Å². The largest absolute Gasteiger partial charge is 0.481 e. The zero-order valence-corrected chi connectivity index (χ0v) is 9.22. The lowest BCUT2D eigenvalue weighted by Crippen LogP contribution is -2.48. The fraction of sp³-hybridized carbons (Fsp3) is 0.900. The van der Waals surface area contributed by atoms with Gasteiger partial charge >= 0.3 is 5.97 Å². The third-order valence-corrected chi connectivity index (χ3v) is 2.37. The average Bonchev–Trinajstić information content (AvgIpc) is 1.98. The normalized spacial score (nSPS) is 30.1. The van der Waals surface area contributed by atoms with Crippen LogP contribution in [0.3, 0.4) is 0 Å². The van der Waals surface area contributed by atoms with E-state index in [2.05, 4.69) is 0 Å². The van der Waals surface area contributed by atoms with Crippen molar-refractivity contribution in [2.75, 3.05) is 19.6 Å². The zero-order chi connectivity index (χ0) is 11.4. The van der Waals surface area contributed by atoms with Gasteiger partial charge in [-0.1, -0.05) is 0 Å². The van der Waals surface area contributed by atoms with Crippen LogP contribution in [0, 0.1) is 0 Å². The first-order valence-corrected chi connectivity index (χ1v) is 5.25. The van der Waals surface area contributed by atoms with Gasteiger partial charge in [-0.25, -0.2) is 0 Å². The first kappa shape index (κ1) is 12.4. The Hall–Kier alpha value is -0.650. The summed E-state index contributed by atoms with van der Waals surface area (Å²) in [7, 11) is 0. The number of carboxylic acid groups (broad SMARTS) is 1. The quantitative estimate of drug-likeness (QED) is 0.690. The molecule has 0 radical (unpaired) electrons. The molecule has 0 aromatic rings. The van der Waals surface area contributed by atoms with Crippen LogP contribution in [0.5, 0.6) is 0 Å². The van der Waals surface area contributed by atoms with E-state index >= 15 is 0 Å². The van der Waals surface area contributed by atoms with Crippen LogP contribution < -0.4 is 0 Å². The monoisotopic (exact) mass is 217 g/mol. The molecule has 5 nitrogen and oxygen atoms in total. The van der Waals surface area contributed by atoms with E-state index in [4.69, 9.17) is 9.84 Å². The molecule has 3 atom stereocenters. The molecular weight excluding hydrogens is 198 g/mol. The Kier molecular flexibility index (Phi) is 4.50. The molecule has 1 aliphatic heterocycles. The number of hydrogen-bond acceptors (Lipinski definition) is 4. The van der Waals surface area contributed by atoms with Crippen LogP contribution in [0.4, 0.5) is 0 Å². The van der Waals surface area contributed by atoms with Crippen molar-refractivity contribution in [2.45, 2.75) is 38.6 Å². The molecule has 1 fully saturated rings. The molecule has 0 aliphatic carbocycles. The van der Waals surface area contributed by atoms with Crippen molar-refractivity contribution in [1.29, 1.82) is 0 Å². The summed E-state index contributed by atoms with van der Waals surface area (Å²) in [4.78, 5) is 12.4. The number of aliphatic hydroxyl groups excluding tert-OH is 1. The van der Waals surface area contributed by atoms with Gasteiger partial charge in [-0.15, -0.1) is 0 Å². The third kappa shape index (κ3) is 4.59. The highest BCUT2D eigenvalue weighted by Gasteiger charge is 2.24. The molecule has 1 unspecified atom stereocenters. The maximum atomic E-state index is 10.4. The number of hydrogen-bond donors (Lipinski definition) is 2. The van der Waals surface area contributed by atoms with Crippen molar-refractivity contribution in [3.63, 3.8) is 0 Å². The van der Waals surface area contributed by atoms with Crippen LogP contribution in [-0.2, 0) is 9.53 Å². The van der Waals surface area contributed by atoms with Crippen LogP contribution in [0.2, 0.25) is 0 Å². The molecule has 0 spiro atoms. The van der Waals surface area contributed by atoms with E-state index < -0.39 is 12.1 Å². The lowest BCUT2D eigenvalue weighted by molar-refractivity contribution is -0.139. The van der Waals surface area contributed by atoms with Gasteiger partial charge in [-0.3, -0.25) is 9.69 Å². The molecule has 0 aromatic heterocycles. The Morgan fingerprint density at radius 3 is 2.47 bits per heavy atom. The van der Waals surface area contributed by atoms with E-state index in [1.54, 1.807) is 0 Å². The maximum absolute atomic E-state index is 10.4. The van der Waals surface area contributed by atoms with Gasteiger partial charge in [0.15, 0.2) is 0 Å². The smallest absolute Gasteiger partial charge is 0.306 e. The SMILES string of the molecule is C[C@@H]1CN(CC(O)CC(=O)O)C[C@H](C)O1. The summed E-state index contributed by atoms with van der Waals surface area (Å²) in [5.41, 5.74) is 0. The van der Waals surface area contributed by atoms with Crippen molar-refractivity contribution < 1.29 is 19.7 Å². The minimum absolute atomic E-state index is 0.144. The highest BCUT2D eigenvalue weighted by Crippen LogP contribution is 2.11. The Morgan fingerprint density at radius 1 is 1.47 bits per heavy atom. The molecule has 88 valence electrons. The minimum atomic E-state index is -0.961. The first-order chi connectivity index (χ1) is 6.97. The van der Waals surface area contributed by atoms with E-state index in [9.17, 15) is 9.90 Å². The standard InChI is InChI=1S/C10H19NO4/c1-7-4-11(5-8(2)15-7)6-9(12)3-10(13)14/h7-9,12H,3-6H2,1-2H3,(H,13,14)/t7-,8+,9?. The van der Waals surface area contributed by atoms with Gasteiger partial charge < -0.3 is 14.9 Å². The van der Waals surface area contributed by atoms with Crippen molar-refractivity contribution in [3.05, 3.63) is 0 Å². The van der Waals surface area contributed by atoms with Gasteiger partial charge in [0, 0.05) is 19.6 Å². The number of rotatable bonds is 4. The van der Waals surface area contributed by atoms with Gasteiger partial charge in [0.1, 0.15) is 0 Å². The second-order valence-corrected chi connectivity index (χ2v) is 4.23. The lowest BCUT2D eigenvalue weighted by Gasteiger charge is -2.36. The maximum Gasteiger partial charge on any atom is 0.306 e. The van der Waals surface area contributed by atoms with E-state index in [0.717, 1.165) is 13.1 Å². The highest BCUT2D eigenvalue weighted by atomic mass is 16.5. The first-order valence-electron chi connectivity index (χ1n) is 5.25. The summed E-state index contributed by atoms with van der Waals surface area (Å²) in [6.07, 6.45) is -0.698. The fourth-order valence-electron chi connectivity index (χ4n) is 2.00. The highest BCUT2D eigenvalue weighted by molar-refractivity contribution is 5.67. The van der Waals surface area contributed by atoms with E-state index in [0.29, 0.717) is 6.54 Å². The molecular formula is C10H19NO4. The summed E-state index contributed by atoms with van der Waals surface area (Å²) >= 11 is 0. The van der Waals surface area contributed by atoms with Gasteiger partial charge in [0.25, 0.3) is 0 Å². The lowest BCUT2D eigenvalue weighted by atomic mass is 10.2. The Morgan fingerprint density at radius 2 is 2.00 bits per heavy atom. The molecule has 15 heavy (non-hydrogen) atoms. The molecule has 1 heterocycles. The number of aliphatic carboxylic acids is 1. The summed E-state index contributed by atoms with van der Waals surface area (Å²) in [6, 6.07) is 0. The molecule has 5 heteroatoms. The molecule has 0 aromatic carbocycles. The van der Waals surface area contributed by atoms with Gasteiger partial charge in [-0.2, -0.15) is 0 Å². The van der Waals surface area contributed by atoms with E-state index in [-0.39, 0.29) is 18.6 Å². The number of morpholine rings is 1. The minimum Gasteiger partial charge on any atom is -0.481 e. The fourth-order valence-corrected chi connectivity index (χ4v) is 2.00. The van der Waals surface area contributed by atoms with Crippen LogP contribution in [0.15, 0.2) is 0 Å². The van der Waals surface area contributed by atoms with E-state index in [1.807, 2.05) is 18.7 Å². The second kappa shape index (κ2) is 5.44. The number of carbonyl (C=O) groups is 1. The van der Waals surface area contributed by atoms with Crippen LogP contribution in [-0.4, -0.2) is 59.0 Å². The van der Waals surface area contributed by atoms with Crippen LogP contribution in [0.1, 0.15) is 20.3 Å². The average molecular weight is 217 g/mol. The molecule has 1 aliphatic rings. The Labute approximate surface area is 89.6 Å². The third-order valence-electron chi connectivity index (χ3n) is 2.37. The number of aliphatic hydroxyl groups is 1. The van der Waals surface area contributed by atoms with Crippen molar-refractivity contribution >= 4 is 5.97 Å². The number of carboxylic acids is 1. The predicted molar refractivity (Wildman–Crippen MR) is 54.7 cm³/mol. The molecule has 1 saturated heterocycles. The number of ether oxygens (including phenoxy) is 1. The Balaban J connectivity index is 2.33. The predicted octanol–water partition coefficient (Wildman–Crippen LogP) is -0.0688. The molecule has 0 bridgehead atoms. The number of nitrogens with zero attached hydrogens (tertiary/aromatic N) is 1. The van der Waals surface area contributed by atoms with Gasteiger partial charge in [0.2, 0.25) is 0 Å². The van der Waals surface area contributed by atoms with Crippen molar-refractivity contribution in [1.82, 2.24) is 4.90 Å². The second-order valence-electron chi connectivity index (χ2n) is 4.23. The van der Waals surface area contributed by atoms with Crippen molar-refractivity contribution in [2.24, 2.45) is 0 Å². The van der Waals surface area contributed by atoms with Crippen LogP contribution >= 0.6 is 0 Å². The van der Waals surface area contributed by atoms with Gasteiger partial charge in [0.05, 0.1) is 24.7 Å². The summed E-state index contributed by atoms with van der Waals surface area (Å²) in [6.45, 7) is 5.87.